The SMILES string of the molecule is CCCCCCC1(C[C@H](CC)CCCC)Oc2c(C#C[Si](C)(C)C)c3c(c(C#C[Si](C)(C)C)c2O1)OC(CCCCCC)(C[C@@H](CC)CCCC)O3.CCCCCCC1(C[C@H](CC)CCCC)Oc2c(C#C[Si](C)(C)C)c3c(c(C#C[Si](C)(C)C)c2O1)OC(CCCCCC)(C[C@@H](CC)CCCC)O3. The minimum atomic E-state index is -1.76. The average Bonchev–Trinajstić information content (AvgIpc) is 1.57. The lowest BCUT2D eigenvalue weighted by atomic mass is 9.89. The van der Waals surface area contributed by atoms with Crippen LogP contribution in [0.1, 0.15) is 362 Å². The van der Waals surface area contributed by atoms with E-state index in [-0.39, 0.29) is 0 Å². The third-order valence-corrected chi connectivity index (χ3v) is 24.9. The van der Waals surface area contributed by atoms with Gasteiger partial charge in [-0.15, -0.1) is 22.2 Å². The van der Waals surface area contributed by atoms with Gasteiger partial charge in [-0.3, -0.25) is 0 Å². The first-order chi connectivity index (χ1) is 49.4. The monoisotopic (exact) mass is 1500 g/mol. The highest BCUT2D eigenvalue weighted by atomic mass is 28.3. The van der Waals surface area contributed by atoms with E-state index in [0.29, 0.717) is 23.7 Å². The minimum Gasteiger partial charge on any atom is -0.447 e. The van der Waals surface area contributed by atoms with Gasteiger partial charge in [0.2, 0.25) is 0 Å². The van der Waals surface area contributed by atoms with Crippen LogP contribution in [-0.4, -0.2) is 55.4 Å². The van der Waals surface area contributed by atoms with E-state index >= 15 is 0 Å². The summed E-state index contributed by atoms with van der Waals surface area (Å²) in [7, 11) is -7.04. The van der Waals surface area contributed by atoms with Crippen molar-refractivity contribution in [3.05, 3.63) is 22.3 Å². The van der Waals surface area contributed by atoms with Crippen LogP contribution in [0.3, 0.4) is 0 Å². The Morgan fingerprint density at radius 1 is 0.231 bits per heavy atom. The highest BCUT2D eigenvalue weighted by Crippen LogP contribution is 2.62. The van der Waals surface area contributed by atoms with E-state index in [1.807, 2.05) is 0 Å². The van der Waals surface area contributed by atoms with Gasteiger partial charge >= 0.3 is 0 Å². The van der Waals surface area contributed by atoms with Gasteiger partial charge < -0.3 is 37.9 Å². The van der Waals surface area contributed by atoms with Gasteiger partial charge in [-0.2, -0.15) is 0 Å². The molecule has 0 fully saturated rings. The summed E-state index contributed by atoms with van der Waals surface area (Å²) in [4.78, 5) is 0. The van der Waals surface area contributed by atoms with Crippen molar-refractivity contribution in [2.75, 3.05) is 0 Å². The van der Waals surface area contributed by atoms with Crippen LogP contribution in [-0.2, 0) is 0 Å². The summed E-state index contributed by atoms with van der Waals surface area (Å²) in [6.07, 6.45) is 44.6. The maximum Gasteiger partial charge on any atom is 0.252 e. The Bertz CT molecular complexity index is 2690. The van der Waals surface area contributed by atoms with Crippen LogP contribution in [0, 0.1) is 69.5 Å². The summed E-state index contributed by atoms with van der Waals surface area (Å²) in [6.45, 7) is 55.2. The molecule has 2 aromatic rings. The predicted octanol–water partition coefficient (Wildman–Crippen LogP) is 28.5. The van der Waals surface area contributed by atoms with E-state index < -0.39 is 55.4 Å². The Kier molecular flexibility index (Phi) is 37.8. The van der Waals surface area contributed by atoms with E-state index in [4.69, 9.17) is 37.9 Å². The molecule has 12 heteroatoms. The van der Waals surface area contributed by atoms with Gasteiger partial charge in [-0.25, -0.2) is 0 Å². The molecule has 0 bridgehead atoms. The smallest absolute Gasteiger partial charge is 0.252 e. The highest BCUT2D eigenvalue weighted by Gasteiger charge is 2.54. The molecule has 0 N–H and O–H groups in total. The first kappa shape index (κ1) is 90.6. The molecular weight excluding hydrogens is 1350 g/mol. The topological polar surface area (TPSA) is 73.8 Å². The Hall–Kier alpha value is -4.05. The Labute approximate surface area is 645 Å². The number of hydrogen-bond donors (Lipinski definition) is 0. The quantitative estimate of drug-likeness (QED) is 0.0369. The van der Waals surface area contributed by atoms with E-state index in [9.17, 15) is 0 Å². The molecule has 2 aromatic carbocycles. The fourth-order valence-electron chi connectivity index (χ4n) is 15.1. The summed E-state index contributed by atoms with van der Waals surface area (Å²) >= 11 is 0. The second-order valence-corrected chi connectivity index (χ2v) is 55.3. The summed E-state index contributed by atoms with van der Waals surface area (Å²) in [5.41, 5.74) is 18.1. The lowest BCUT2D eigenvalue weighted by molar-refractivity contribution is -0.110. The third-order valence-electron chi connectivity index (χ3n) is 21.4. The third kappa shape index (κ3) is 28.4. The molecule has 4 aliphatic heterocycles. The first-order valence-corrected chi connectivity index (χ1v) is 57.5. The van der Waals surface area contributed by atoms with Gasteiger partial charge in [0.05, 0.1) is 0 Å². The largest absolute Gasteiger partial charge is 0.447 e. The van der Waals surface area contributed by atoms with E-state index in [2.05, 4.69) is 208 Å². The van der Waals surface area contributed by atoms with Crippen LogP contribution in [0.15, 0.2) is 0 Å². The molecule has 4 aliphatic rings. The van der Waals surface area contributed by atoms with E-state index in [1.54, 1.807) is 0 Å². The first-order valence-electron chi connectivity index (χ1n) is 43.5. The molecule has 0 amide bonds. The van der Waals surface area contributed by atoms with Gasteiger partial charge in [0.15, 0.2) is 46.0 Å². The molecular formula is C92H156O8Si4. The Balaban J connectivity index is 0.000000374. The molecule has 0 unspecified atom stereocenters. The average molecular weight is 1500 g/mol. The zero-order valence-electron chi connectivity index (χ0n) is 71.9. The maximum absolute atomic E-state index is 7.32. The molecule has 8 nitrogen and oxygen atoms in total. The molecule has 0 saturated heterocycles. The van der Waals surface area contributed by atoms with Crippen molar-refractivity contribution in [3.63, 3.8) is 0 Å². The zero-order chi connectivity index (χ0) is 76.8. The maximum atomic E-state index is 7.32. The fraction of sp³-hybridized carbons (Fsp3) is 0.783. The van der Waals surface area contributed by atoms with Crippen molar-refractivity contribution in [3.8, 4) is 91.9 Å². The second-order valence-electron chi connectivity index (χ2n) is 36.3. The normalized spacial score (nSPS) is 16.5. The molecule has 6 rings (SSSR count). The summed E-state index contributed by atoms with van der Waals surface area (Å²) in [6, 6.07) is 0. The highest BCUT2D eigenvalue weighted by molar-refractivity contribution is 6.85. The molecule has 0 saturated carbocycles. The minimum absolute atomic E-state index is 0.526. The van der Waals surface area contributed by atoms with Gasteiger partial charge in [0, 0.05) is 51.4 Å². The molecule has 0 radical (unpaired) electrons. The van der Waals surface area contributed by atoms with Crippen molar-refractivity contribution >= 4 is 32.3 Å². The molecule has 4 atom stereocenters. The number of benzene rings is 2. The number of ether oxygens (including phenoxy) is 8. The predicted molar refractivity (Wildman–Crippen MR) is 456 cm³/mol. The van der Waals surface area contributed by atoms with Gasteiger partial charge in [-0.05, 0) is 49.4 Å². The van der Waals surface area contributed by atoms with Crippen molar-refractivity contribution in [1.82, 2.24) is 0 Å². The van der Waals surface area contributed by atoms with Crippen LogP contribution >= 0.6 is 0 Å². The number of hydrogen-bond acceptors (Lipinski definition) is 8. The fourth-order valence-corrected chi connectivity index (χ4v) is 17.1. The van der Waals surface area contributed by atoms with Crippen LogP contribution in [0.25, 0.3) is 0 Å². The number of unbranched alkanes of at least 4 members (excludes halogenated alkanes) is 16. The molecule has 4 heterocycles. The summed E-state index contributed by atoms with van der Waals surface area (Å²) < 4.78 is 58.5. The van der Waals surface area contributed by atoms with E-state index in [0.717, 1.165) is 171 Å². The van der Waals surface area contributed by atoms with Crippen LogP contribution in [0.4, 0.5) is 0 Å². The van der Waals surface area contributed by atoms with Crippen molar-refractivity contribution < 1.29 is 37.9 Å². The van der Waals surface area contributed by atoms with Crippen molar-refractivity contribution in [2.45, 2.75) is 442 Å². The van der Waals surface area contributed by atoms with Gasteiger partial charge in [0.25, 0.3) is 23.1 Å². The van der Waals surface area contributed by atoms with Crippen LogP contribution in [0.5, 0.6) is 46.0 Å². The number of rotatable bonds is 44. The zero-order valence-corrected chi connectivity index (χ0v) is 75.9. The van der Waals surface area contributed by atoms with Crippen LogP contribution < -0.4 is 37.9 Å². The second kappa shape index (κ2) is 43.4. The molecule has 0 spiro atoms. The molecule has 0 aliphatic carbocycles. The standard InChI is InChI=1S/2C46H78O4Si2/c2*1-13-19-23-25-31-45(35-37(17-5)27-21-15-3)47-41-39(29-33-51(7,8)9)43-44(40(42(41)48-45)30-34-52(10,11)12)50-46(49-43,32-26-24-20-14-2)36-38(18-6)28-22-16-4/h2*37-38H,13-28,31-32,35-36H2,1-12H3/t2*37-,38+,45?,46?. The van der Waals surface area contributed by atoms with Gasteiger partial charge in [-0.1, -0.05) is 365 Å². The van der Waals surface area contributed by atoms with Crippen molar-refractivity contribution in [1.29, 1.82) is 0 Å². The summed E-state index contributed by atoms with van der Waals surface area (Å²) in [5, 5.41) is 0. The van der Waals surface area contributed by atoms with Crippen LogP contribution in [0.2, 0.25) is 78.6 Å². The van der Waals surface area contributed by atoms with Gasteiger partial charge in [0.1, 0.15) is 54.5 Å². The van der Waals surface area contributed by atoms with E-state index in [1.165, 1.54) is 154 Å². The number of fused-ring (bicyclic) bond motifs is 4. The van der Waals surface area contributed by atoms with Crippen molar-refractivity contribution in [2.24, 2.45) is 23.7 Å². The Morgan fingerprint density at radius 3 is 0.529 bits per heavy atom. The lowest BCUT2D eigenvalue weighted by Gasteiger charge is -2.32. The molecule has 0 aromatic heterocycles. The Morgan fingerprint density at radius 2 is 0.394 bits per heavy atom. The molecule has 588 valence electrons. The molecule has 104 heavy (non-hydrogen) atoms. The summed E-state index contributed by atoms with van der Waals surface area (Å²) in [5.74, 6) is 19.8. The lowest BCUT2D eigenvalue weighted by Crippen LogP contribution is -2.41.